The van der Waals surface area contributed by atoms with Gasteiger partial charge in [-0.05, 0) is 0 Å². The van der Waals surface area contributed by atoms with E-state index in [9.17, 15) is 0 Å². The third kappa shape index (κ3) is 4.21. The van der Waals surface area contributed by atoms with Crippen LogP contribution in [0.5, 0.6) is 0 Å². The van der Waals surface area contributed by atoms with E-state index in [2.05, 4.69) is 71.8 Å². The van der Waals surface area contributed by atoms with Crippen molar-refractivity contribution in [3.05, 3.63) is 72.4 Å². The van der Waals surface area contributed by atoms with Crippen molar-refractivity contribution >= 4 is 23.9 Å². The Hall–Kier alpha value is -1.54. The van der Waals surface area contributed by atoms with Gasteiger partial charge in [0, 0.05) is 0 Å². The number of morpholine rings is 1. The second-order valence-electron chi connectivity index (χ2n) is 4.92. The van der Waals surface area contributed by atoms with Gasteiger partial charge in [0.1, 0.15) is 0 Å². The molecule has 0 saturated carbocycles. The van der Waals surface area contributed by atoms with E-state index in [4.69, 9.17) is 4.74 Å². The third-order valence-corrected chi connectivity index (χ3v) is 5.62. The molecule has 0 atom stereocenters. The van der Waals surface area contributed by atoms with Crippen LogP contribution in [-0.2, 0) is 4.74 Å². The number of hydrogen-bond donors (Lipinski definition) is 0. The molecule has 108 valence electrons. The summed E-state index contributed by atoms with van der Waals surface area (Å²) in [6, 6.07) is 21.5. The maximum atomic E-state index is 5.44. The SMILES string of the molecule is C(=C(\[Se]c1ccccc1)c1ccccc1)/N1CCOCC1. The Morgan fingerprint density at radius 2 is 1.52 bits per heavy atom. The first-order valence-corrected chi connectivity index (χ1v) is 8.95. The van der Waals surface area contributed by atoms with Crippen molar-refractivity contribution in [1.82, 2.24) is 4.90 Å². The van der Waals surface area contributed by atoms with E-state index >= 15 is 0 Å². The standard InChI is InChI=1S/C18H19NOSe/c1-3-7-16(8-4-1)18(15-19-11-13-20-14-12-19)21-17-9-5-2-6-10-17/h1-10,15H,11-14H2/b18-15+. The zero-order chi connectivity index (χ0) is 14.3. The Labute approximate surface area is 132 Å². The van der Waals surface area contributed by atoms with Crippen molar-refractivity contribution < 1.29 is 4.74 Å². The fraction of sp³-hybridized carbons (Fsp3) is 0.222. The predicted octanol–water partition coefficient (Wildman–Crippen LogP) is 2.35. The molecule has 0 N–H and O–H groups in total. The van der Waals surface area contributed by atoms with Crippen molar-refractivity contribution in [2.45, 2.75) is 0 Å². The Morgan fingerprint density at radius 1 is 0.905 bits per heavy atom. The number of nitrogens with zero attached hydrogens (tertiary/aromatic N) is 1. The van der Waals surface area contributed by atoms with Gasteiger partial charge in [0.25, 0.3) is 0 Å². The fourth-order valence-electron chi connectivity index (χ4n) is 2.25. The fourth-order valence-corrected chi connectivity index (χ4v) is 4.35. The molecule has 0 aromatic heterocycles. The van der Waals surface area contributed by atoms with Crippen LogP contribution in [0.3, 0.4) is 0 Å². The molecule has 1 fully saturated rings. The first kappa shape index (κ1) is 14.4. The molecule has 0 spiro atoms. The van der Waals surface area contributed by atoms with Crippen molar-refractivity contribution in [2.24, 2.45) is 0 Å². The molecule has 1 heterocycles. The monoisotopic (exact) mass is 345 g/mol. The maximum absolute atomic E-state index is 5.44. The van der Waals surface area contributed by atoms with E-state index in [1.807, 2.05) is 0 Å². The van der Waals surface area contributed by atoms with Crippen LogP contribution in [0.2, 0.25) is 0 Å². The van der Waals surface area contributed by atoms with Crippen LogP contribution in [0, 0.1) is 0 Å². The minimum absolute atomic E-state index is 0.320. The van der Waals surface area contributed by atoms with Crippen molar-refractivity contribution in [1.29, 1.82) is 0 Å². The summed E-state index contributed by atoms with van der Waals surface area (Å²) in [5.74, 6) is 0. The third-order valence-electron chi connectivity index (χ3n) is 3.37. The van der Waals surface area contributed by atoms with Crippen LogP contribution in [0.15, 0.2) is 66.9 Å². The van der Waals surface area contributed by atoms with Gasteiger partial charge in [0.05, 0.1) is 0 Å². The van der Waals surface area contributed by atoms with Gasteiger partial charge in [0.2, 0.25) is 0 Å². The summed E-state index contributed by atoms with van der Waals surface area (Å²) in [5, 5.41) is 0. The zero-order valence-corrected chi connectivity index (χ0v) is 13.7. The zero-order valence-electron chi connectivity index (χ0n) is 11.9. The molecule has 1 aliphatic heterocycles. The normalized spacial score (nSPS) is 16.0. The van der Waals surface area contributed by atoms with Crippen LogP contribution in [0.4, 0.5) is 0 Å². The van der Waals surface area contributed by atoms with E-state index in [1.165, 1.54) is 14.5 Å². The average molecular weight is 344 g/mol. The molecule has 3 heteroatoms. The quantitative estimate of drug-likeness (QED) is 0.790. The van der Waals surface area contributed by atoms with E-state index in [-0.39, 0.29) is 0 Å². The molecule has 0 unspecified atom stereocenters. The molecule has 21 heavy (non-hydrogen) atoms. The topological polar surface area (TPSA) is 12.5 Å². The molecule has 2 aromatic rings. The summed E-state index contributed by atoms with van der Waals surface area (Å²) < 4.78 is 8.28. The summed E-state index contributed by atoms with van der Waals surface area (Å²) in [6.45, 7) is 3.64. The molecular formula is C18H19NOSe. The Balaban J connectivity index is 1.85. The van der Waals surface area contributed by atoms with E-state index in [1.54, 1.807) is 0 Å². The van der Waals surface area contributed by atoms with Gasteiger partial charge in [-0.1, -0.05) is 0 Å². The molecule has 3 rings (SSSR count). The second-order valence-corrected chi connectivity index (χ2v) is 7.26. The van der Waals surface area contributed by atoms with Crippen molar-refractivity contribution in [3.8, 4) is 0 Å². The summed E-state index contributed by atoms with van der Waals surface area (Å²) >= 11 is 0.320. The van der Waals surface area contributed by atoms with Crippen molar-refractivity contribution in [3.63, 3.8) is 0 Å². The van der Waals surface area contributed by atoms with E-state index in [0.717, 1.165) is 26.3 Å². The molecule has 2 nitrogen and oxygen atoms in total. The summed E-state index contributed by atoms with van der Waals surface area (Å²) in [5.41, 5.74) is 1.33. The van der Waals surface area contributed by atoms with Crippen LogP contribution in [0.25, 0.3) is 4.47 Å². The summed E-state index contributed by atoms with van der Waals surface area (Å²) in [4.78, 5) is 2.39. The molecule has 0 radical (unpaired) electrons. The second kappa shape index (κ2) is 7.46. The molecule has 2 aromatic carbocycles. The van der Waals surface area contributed by atoms with E-state index in [0.29, 0.717) is 15.0 Å². The molecule has 0 amide bonds. The first-order chi connectivity index (χ1) is 10.4. The molecule has 1 saturated heterocycles. The molecule has 0 bridgehead atoms. The average Bonchev–Trinajstić information content (AvgIpc) is 2.57. The van der Waals surface area contributed by atoms with Gasteiger partial charge >= 0.3 is 132 Å². The van der Waals surface area contributed by atoms with Crippen molar-refractivity contribution in [2.75, 3.05) is 26.3 Å². The number of ether oxygens (including phenoxy) is 1. The summed E-state index contributed by atoms with van der Waals surface area (Å²) in [6.07, 6.45) is 2.34. The molecule has 0 aliphatic carbocycles. The van der Waals surface area contributed by atoms with Crippen LogP contribution in [-0.4, -0.2) is 46.2 Å². The molecular weight excluding hydrogens is 325 g/mol. The number of benzene rings is 2. The van der Waals surface area contributed by atoms with Gasteiger partial charge in [-0.3, -0.25) is 0 Å². The Morgan fingerprint density at radius 3 is 2.19 bits per heavy atom. The van der Waals surface area contributed by atoms with Crippen LogP contribution < -0.4 is 4.46 Å². The number of rotatable bonds is 4. The van der Waals surface area contributed by atoms with Gasteiger partial charge < -0.3 is 0 Å². The van der Waals surface area contributed by atoms with E-state index < -0.39 is 0 Å². The number of hydrogen-bond acceptors (Lipinski definition) is 2. The van der Waals surface area contributed by atoms with Crippen LogP contribution >= 0.6 is 0 Å². The van der Waals surface area contributed by atoms with Gasteiger partial charge in [-0.15, -0.1) is 0 Å². The van der Waals surface area contributed by atoms with Gasteiger partial charge in [-0.25, -0.2) is 0 Å². The predicted molar refractivity (Wildman–Crippen MR) is 88.6 cm³/mol. The first-order valence-electron chi connectivity index (χ1n) is 7.24. The minimum atomic E-state index is 0.320. The Kier molecular flexibility index (Phi) is 5.12. The molecule has 1 aliphatic rings. The summed E-state index contributed by atoms with van der Waals surface area (Å²) in [7, 11) is 0. The Bertz CT molecular complexity index is 577. The van der Waals surface area contributed by atoms with Gasteiger partial charge in [-0.2, -0.15) is 0 Å². The van der Waals surface area contributed by atoms with Crippen LogP contribution in [0.1, 0.15) is 5.56 Å². The van der Waals surface area contributed by atoms with Gasteiger partial charge in [0.15, 0.2) is 0 Å².